The molecule has 0 aliphatic heterocycles. The second-order valence-electron chi connectivity index (χ2n) is 5.69. The van der Waals surface area contributed by atoms with Gasteiger partial charge in [0.1, 0.15) is 12.3 Å². The lowest BCUT2D eigenvalue weighted by atomic mass is 10.2. The van der Waals surface area contributed by atoms with Crippen molar-refractivity contribution >= 4 is 23.6 Å². The molecule has 29 heavy (non-hydrogen) atoms. The number of amides is 2. The van der Waals surface area contributed by atoms with E-state index in [4.69, 9.17) is 24.7 Å². The van der Waals surface area contributed by atoms with Gasteiger partial charge in [0.2, 0.25) is 11.8 Å². The van der Waals surface area contributed by atoms with E-state index < -0.39 is 5.91 Å². The molecule has 3 N–H and O–H groups in total. The first-order valence-corrected chi connectivity index (χ1v) is 8.68. The molecule has 2 amide bonds. The zero-order valence-corrected chi connectivity index (χ0v) is 16.2. The van der Waals surface area contributed by atoms with E-state index in [1.165, 1.54) is 13.2 Å². The van der Waals surface area contributed by atoms with E-state index >= 15 is 0 Å². The molecule has 0 spiro atoms. The number of hydrogen-bond acceptors (Lipinski definition) is 7. The van der Waals surface area contributed by atoms with E-state index in [0.29, 0.717) is 41.8 Å². The molecule has 154 valence electrons. The Balaban J connectivity index is 2.03. The Morgan fingerprint density at radius 3 is 2.69 bits per heavy atom. The Hall–Kier alpha value is -3.59. The van der Waals surface area contributed by atoms with Crippen LogP contribution in [0.2, 0.25) is 0 Å². The SMILES string of the molecule is COCCOc1ncccc1NC(=O)/C=C/c1ccc(OCC(N)=O)c(OC)c1. The Labute approximate surface area is 168 Å². The molecule has 0 atom stereocenters. The first-order valence-electron chi connectivity index (χ1n) is 8.68. The minimum atomic E-state index is -0.589. The number of ether oxygens (including phenoxy) is 4. The lowest BCUT2D eigenvalue weighted by Crippen LogP contribution is -2.20. The van der Waals surface area contributed by atoms with Gasteiger partial charge in [0.05, 0.1) is 13.7 Å². The number of anilines is 1. The smallest absolute Gasteiger partial charge is 0.255 e. The number of pyridine rings is 1. The first kappa shape index (κ1) is 21.7. The van der Waals surface area contributed by atoms with Gasteiger partial charge in [0, 0.05) is 19.4 Å². The van der Waals surface area contributed by atoms with Gasteiger partial charge in [-0.2, -0.15) is 0 Å². The molecule has 0 radical (unpaired) electrons. The van der Waals surface area contributed by atoms with E-state index in [9.17, 15) is 9.59 Å². The quantitative estimate of drug-likeness (QED) is 0.433. The number of rotatable bonds is 11. The highest BCUT2D eigenvalue weighted by atomic mass is 16.5. The van der Waals surface area contributed by atoms with Crippen molar-refractivity contribution in [2.75, 3.05) is 39.4 Å². The summed E-state index contributed by atoms with van der Waals surface area (Å²) >= 11 is 0. The predicted octanol–water partition coefficient (Wildman–Crippen LogP) is 1.63. The highest BCUT2D eigenvalue weighted by Crippen LogP contribution is 2.28. The topological polar surface area (TPSA) is 122 Å². The van der Waals surface area contributed by atoms with E-state index in [-0.39, 0.29) is 12.5 Å². The number of carbonyl (C=O) groups is 2. The van der Waals surface area contributed by atoms with Gasteiger partial charge in [-0.3, -0.25) is 9.59 Å². The van der Waals surface area contributed by atoms with Crippen molar-refractivity contribution in [3.05, 3.63) is 48.2 Å². The van der Waals surface area contributed by atoms with Gasteiger partial charge in [-0.05, 0) is 35.9 Å². The fraction of sp³-hybridized carbons (Fsp3) is 0.250. The Kier molecular flexibility index (Phi) is 8.46. The molecule has 9 nitrogen and oxygen atoms in total. The van der Waals surface area contributed by atoms with Crippen LogP contribution in [0, 0.1) is 0 Å². The van der Waals surface area contributed by atoms with E-state index in [0.717, 1.165) is 0 Å². The molecule has 0 saturated carbocycles. The third kappa shape index (κ3) is 7.15. The number of primary amides is 1. The summed E-state index contributed by atoms with van der Waals surface area (Å²) in [4.78, 5) is 27.2. The molecule has 2 aromatic rings. The van der Waals surface area contributed by atoms with Crippen LogP contribution in [0.15, 0.2) is 42.6 Å². The van der Waals surface area contributed by atoms with Crippen molar-refractivity contribution in [1.29, 1.82) is 0 Å². The van der Waals surface area contributed by atoms with Gasteiger partial charge in [0.25, 0.3) is 5.91 Å². The van der Waals surface area contributed by atoms with Crippen molar-refractivity contribution in [3.8, 4) is 17.4 Å². The van der Waals surface area contributed by atoms with Gasteiger partial charge in [-0.25, -0.2) is 4.98 Å². The van der Waals surface area contributed by atoms with Crippen molar-refractivity contribution in [2.45, 2.75) is 0 Å². The van der Waals surface area contributed by atoms with Crippen LogP contribution in [0.1, 0.15) is 5.56 Å². The average molecular weight is 401 g/mol. The number of hydrogen-bond donors (Lipinski definition) is 2. The number of nitrogens with zero attached hydrogens (tertiary/aromatic N) is 1. The van der Waals surface area contributed by atoms with Gasteiger partial charge >= 0.3 is 0 Å². The van der Waals surface area contributed by atoms with Crippen molar-refractivity contribution in [2.24, 2.45) is 5.73 Å². The predicted molar refractivity (Wildman–Crippen MR) is 107 cm³/mol. The maximum Gasteiger partial charge on any atom is 0.255 e. The molecule has 0 bridgehead atoms. The van der Waals surface area contributed by atoms with Gasteiger partial charge in [-0.15, -0.1) is 0 Å². The van der Waals surface area contributed by atoms with Crippen LogP contribution in [-0.4, -0.2) is 50.8 Å². The largest absolute Gasteiger partial charge is 0.493 e. The summed E-state index contributed by atoms with van der Waals surface area (Å²) in [5, 5.41) is 2.72. The Morgan fingerprint density at radius 1 is 1.14 bits per heavy atom. The maximum absolute atomic E-state index is 12.3. The number of carbonyl (C=O) groups excluding carboxylic acids is 2. The molecule has 1 aromatic heterocycles. The summed E-state index contributed by atoms with van der Waals surface area (Å²) in [5.74, 6) is 0.149. The maximum atomic E-state index is 12.3. The molecule has 0 unspecified atom stereocenters. The molecule has 0 saturated heterocycles. The molecular weight excluding hydrogens is 378 g/mol. The molecule has 1 aromatic carbocycles. The molecule has 0 aliphatic carbocycles. The van der Waals surface area contributed by atoms with Crippen LogP contribution in [0.25, 0.3) is 6.08 Å². The van der Waals surface area contributed by atoms with E-state index in [2.05, 4.69) is 10.3 Å². The number of nitrogens with one attached hydrogen (secondary N) is 1. The number of nitrogens with two attached hydrogens (primary N) is 1. The third-order valence-corrected chi connectivity index (χ3v) is 3.54. The monoisotopic (exact) mass is 401 g/mol. The van der Waals surface area contributed by atoms with Crippen LogP contribution in [-0.2, 0) is 14.3 Å². The van der Waals surface area contributed by atoms with Gasteiger partial charge < -0.3 is 30.0 Å². The number of benzene rings is 1. The molecular formula is C20H23N3O6. The molecule has 9 heteroatoms. The van der Waals surface area contributed by atoms with Crippen molar-refractivity contribution < 1.29 is 28.5 Å². The fourth-order valence-corrected chi connectivity index (χ4v) is 2.22. The van der Waals surface area contributed by atoms with E-state index in [1.807, 2.05) is 0 Å². The standard InChI is InChI=1S/C20H23N3O6/c1-26-10-11-28-20-15(4-3-9-22-20)23-19(25)8-6-14-5-7-16(17(12-14)27-2)29-13-18(21)24/h3-9,12H,10-11,13H2,1-2H3,(H2,21,24)(H,23,25)/b8-6+. The first-order chi connectivity index (χ1) is 14.0. The fourth-order valence-electron chi connectivity index (χ4n) is 2.22. The lowest BCUT2D eigenvalue weighted by molar-refractivity contribution is -0.120. The van der Waals surface area contributed by atoms with Crippen molar-refractivity contribution in [3.63, 3.8) is 0 Å². The Bertz CT molecular complexity index is 869. The molecule has 2 rings (SSSR count). The van der Waals surface area contributed by atoms with Gasteiger partial charge in [-0.1, -0.05) is 6.07 Å². The lowest BCUT2D eigenvalue weighted by Gasteiger charge is -2.10. The Morgan fingerprint density at radius 2 is 1.97 bits per heavy atom. The number of aromatic nitrogens is 1. The highest BCUT2D eigenvalue weighted by molar-refractivity contribution is 6.02. The zero-order chi connectivity index (χ0) is 21.1. The highest BCUT2D eigenvalue weighted by Gasteiger charge is 2.08. The van der Waals surface area contributed by atoms with Crippen LogP contribution in [0.3, 0.4) is 0 Å². The summed E-state index contributed by atoms with van der Waals surface area (Å²) in [6.45, 7) is 0.467. The summed E-state index contributed by atoms with van der Waals surface area (Å²) in [7, 11) is 3.04. The molecule has 0 fully saturated rings. The minimum Gasteiger partial charge on any atom is -0.493 e. The van der Waals surface area contributed by atoms with Crippen LogP contribution >= 0.6 is 0 Å². The van der Waals surface area contributed by atoms with E-state index in [1.54, 1.807) is 49.7 Å². The number of methoxy groups -OCH3 is 2. The average Bonchev–Trinajstić information content (AvgIpc) is 2.72. The summed E-state index contributed by atoms with van der Waals surface area (Å²) in [6.07, 6.45) is 4.55. The summed E-state index contributed by atoms with van der Waals surface area (Å²) in [5.41, 5.74) is 6.22. The van der Waals surface area contributed by atoms with Crippen molar-refractivity contribution in [1.82, 2.24) is 4.98 Å². The second-order valence-corrected chi connectivity index (χ2v) is 5.69. The molecule has 1 heterocycles. The zero-order valence-electron chi connectivity index (χ0n) is 16.2. The van der Waals surface area contributed by atoms with Crippen LogP contribution in [0.5, 0.6) is 17.4 Å². The van der Waals surface area contributed by atoms with Gasteiger partial charge in [0.15, 0.2) is 18.1 Å². The third-order valence-electron chi connectivity index (χ3n) is 3.54. The van der Waals surface area contributed by atoms with Crippen LogP contribution in [0.4, 0.5) is 5.69 Å². The summed E-state index contributed by atoms with van der Waals surface area (Å²) < 4.78 is 20.9. The molecule has 0 aliphatic rings. The van der Waals surface area contributed by atoms with Crippen LogP contribution < -0.4 is 25.3 Å². The minimum absolute atomic E-state index is 0.256. The normalized spacial score (nSPS) is 10.6. The second kappa shape index (κ2) is 11.3. The summed E-state index contributed by atoms with van der Waals surface area (Å²) in [6, 6.07) is 8.39.